The number of fused-ring (bicyclic) bond motifs is 1. The molecule has 116 valence electrons. The molecule has 10 heteroatoms. The summed E-state index contributed by atoms with van der Waals surface area (Å²) in [7, 11) is 2.99. The van der Waals surface area contributed by atoms with Gasteiger partial charge in [0.05, 0.1) is 11.2 Å². The van der Waals surface area contributed by atoms with Gasteiger partial charge in [-0.15, -0.1) is 0 Å². The quantitative estimate of drug-likeness (QED) is 0.790. The van der Waals surface area contributed by atoms with Crippen molar-refractivity contribution in [2.75, 3.05) is 5.75 Å². The third-order valence-corrected chi connectivity index (χ3v) is 4.48. The highest BCUT2D eigenvalue weighted by molar-refractivity contribution is 7.98. The van der Waals surface area contributed by atoms with Crippen molar-refractivity contribution in [1.29, 1.82) is 0 Å². The molecule has 2 heterocycles. The second kappa shape index (κ2) is 6.46. The van der Waals surface area contributed by atoms with E-state index < -0.39 is 24.2 Å². The Morgan fingerprint density at radius 3 is 2.52 bits per heavy atom. The maximum atomic E-state index is 13.9. The zero-order valence-corrected chi connectivity index (χ0v) is 12.6. The van der Waals surface area contributed by atoms with Gasteiger partial charge in [-0.3, -0.25) is 0 Å². The monoisotopic (exact) mass is 334 g/mol. The van der Waals surface area contributed by atoms with E-state index >= 15 is 0 Å². The lowest BCUT2D eigenvalue weighted by atomic mass is 9.79. The van der Waals surface area contributed by atoms with Crippen molar-refractivity contribution in [3.05, 3.63) is 35.0 Å². The first-order valence-electron chi connectivity index (χ1n) is 6.71. The molecule has 2 N–H and O–H groups in total. The Hall–Kier alpha value is -1.64. The topological polar surface area (TPSA) is 75.5 Å². The molecule has 3 rings (SSSR count). The molecule has 0 atom stereocenters. The molecule has 5 nitrogen and oxygen atoms in total. The van der Waals surface area contributed by atoms with Gasteiger partial charge in [-0.2, -0.15) is 16.7 Å². The van der Waals surface area contributed by atoms with Gasteiger partial charge in [0.15, 0.2) is 5.82 Å². The molecule has 0 fully saturated rings. The van der Waals surface area contributed by atoms with Gasteiger partial charge in [0, 0.05) is 16.9 Å². The largest absolute Gasteiger partial charge is 0.555 e. The SMILES string of the molecule is [B]Oc1nc(-c2cc(F)c(B(O)O)c(F)c2)nc2c1CSCC2. The highest BCUT2D eigenvalue weighted by Crippen LogP contribution is 2.31. The van der Waals surface area contributed by atoms with E-state index in [4.69, 9.17) is 22.8 Å². The van der Waals surface area contributed by atoms with Gasteiger partial charge in [-0.25, -0.2) is 13.8 Å². The summed E-state index contributed by atoms with van der Waals surface area (Å²) in [4.78, 5) is 8.43. The van der Waals surface area contributed by atoms with Gasteiger partial charge in [0.1, 0.15) is 11.6 Å². The van der Waals surface area contributed by atoms with E-state index in [0.29, 0.717) is 12.2 Å². The molecule has 1 aromatic carbocycles. The number of benzene rings is 1. The Bertz CT molecular complexity index is 724. The fourth-order valence-corrected chi connectivity index (χ4v) is 3.37. The summed E-state index contributed by atoms with van der Waals surface area (Å²) in [5.74, 6) is -0.437. The molecule has 2 radical (unpaired) electrons. The summed E-state index contributed by atoms with van der Waals surface area (Å²) in [6.07, 6.45) is 0.671. The summed E-state index contributed by atoms with van der Waals surface area (Å²) in [5, 5.41) is 18.0. The molecule has 0 saturated carbocycles. The maximum absolute atomic E-state index is 13.9. The average Bonchev–Trinajstić information content (AvgIpc) is 2.52. The molecule has 0 amide bonds. The predicted molar refractivity (Wildman–Crippen MR) is 83.5 cm³/mol. The van der Waals surface area contributed by atoms with Crippen LogP contribution in [0.4, 0.5) is 8.78 Å². The van der Waals surface area contributed by atoms with Crippen molar-refractivity contribution in [2.45, 2.75) is 12.2 Å². The molecular formula is C13H10B2F2N2O3S. The number of hydrogen-bond acceptors (Lipinski definition) is 6. The van der Waals surface area contributed by atoms with Gasteiger partial charge in [0.2, 0.25) is 5.88 Å². The minimum atomic E-state index is -2.24. The zero-order chi connectivity index (χ0) is 16.6. The van der Waals surface area contributed by atoms with E-state index in [1.165, 1.54) is 0 Å². The summed E-state index contributed by atoms with van der Waals surface area (Å²) in [6.45, 7) is 0. The number of rotatable bonds is 3. The van der Waals surface area contributed by atoms with Gasteiger partial charge in [-0.05, 0) is 24.3 Å². The van der Waals surface area contributed by atoms with E-state index in [1.54, 1.807) is 11.8 Å². The van der Waals surface area contributed by atoms with E-state index in [9.17, 15) is 8.78 Å². The van der Waals surface area contributed by atoms with Gasteiger partial charge in [-0.1, -0.05) is 0 Å². The molecule has 0 bridgehead atoms. The van der Waals surface area contributed by atoms with Crippen LogP contribution < -0.4 is 10.1 Å². The van der Waals surface area contributed by atoms with E-state index in [2.05, 4.69) is 9.97 Å². The molecular weight excluding hydrogens is 324 g/mol. The lowest BCUT2D eigenvalue weighted by Crippen LogP contribution is -2.35. The Morgan fingerprint density at radius 2 is 1.91 bits per heavy atom. The second-order valence-electron chi connectivity index (χ2n) is 4.93. The van der Waals surface area contributed by atoms with Crippen molar-refractivity contribution in [3.8, 4) is 17.3 Å². The molecule has 23 heavy (non-hydrogen) atoms. The third-order valence-electron chi connectivity index (χ3n) is 3.49. The standard InChI is InChI=1S/C13H10B2F2N2O3S/c14-22-13-7-5-23-2-1-10(7)18-12(19-13)6-3-8(16)11(15(20)21)9(17)4-6/h3-4,20-21H,1-2,5H2. The van der Waals surface area contributed by atoms with Crippen LogP contribution in [0.1, 0.15) is 11.3 Å². The van der Waals surface area contributed by atoms with Crippen molar-refractivity contribution in [3.63, 3.8) is 0 Å². The number of aromatic nitrogens is 2. The molecule has 0 spiro atoms. The van der Waals surface area contributed by atoms with Crippen LogP contribution in [0, 0.1) is 11.6 Å². The van der Waals surface area contributed by atoms with Crippen molar-refractivity contribution >= 4 is 32.4 Å². The molecule has 0 saturated heterocycles. The smallest absolute Gasteiger partial charge is 0.494 e. The molecule has 1 aliphatic rings. The van der Waals surface area contributed by atoms with Crippen molar-refractivity contribution in [1.82, 2.24) is 9.97 Å². The Balaban J connectivity index is 2.12. The average molecular weight is 334 g/mol. The Kier molecular flexibility index (Phi) is 4.56. The normalized spacial score (nSPS) is 13.6. The van der Waals surface area contributed by atoms with Crippen LogP contribution in [0.3, 0.4) is 0 Å². The fraction of sp³-hybridized carbons (Fsp3) is 0.231. The molecule has 0 unspecified atom stereocenters. The maximum Gasteiger partial charge on any atom is 0.494 e. The molecule has 0 aliphatic carbocycles. The highest BCUT2D eigenvalue weighted by atomic mass is 32.2. The molecule has 1 aliphatic heterocycles. The van der Waals surface area contributed by atoms with Crippen LogP contribution in [-0.2, 0) is 12.2 Å². The second-order valence-corrected chi connectivity index (χ2v) is 6.03. The lowest BCUT2D eigenvalue weighted by Gasteiger charge is -2.18. The van der Waals surface area contributed by atoms with E-state index in [-0.39, 0.29) is 17.3 Å². The van der Waals surface area contributed by atoms with Crippen LogP contribution in [0.5, 0.6) is 5.88 Å². The van der Waals surface area contributed by atoms with Gasteiger partial charge < -0.3 is 14.7 Å². The van der Waals surface area contributed by atoms with Crippen LogP contribution in [-0.4, -0.2) is 40.9 Å². The summed E-state index contributed by atoms with van der Waals surface area (Å²) >= 11 is 1.69. The van der Waals surface area contributed by atoms with Crippen molar-refractivity contribution < 1.29 is 23.5 Å². The summed E-state index contributed by atoms with van der Waals surface area (Å²) in [6, 6.07) is 1.88. The number of hydrogen-bond donors (Lipinski definition) is 2. The van der Waals surface area contributed by atoms with Crippen molar-refractivity contribution in [2.24, 2.45) is 0 Å². The number of aryl methyl sites for hydroxylation is 1. The number of nitrogens with zero attached hydrogens (tertiary/aromatic N) is 2. The van der Waals surface area contributed by atoms with Crippen LogP contribution >= 0.6 is 11.8 Å². The summed E-state index contributed by atoms with van der Waals surface area (Å²) in [5.41, 5.74) is 0.735. The highest BCUT2D eigenvalue weighted by Gasteiger charge is 2.24. The first-order chi connectivity index (χ1) is 11.0. The number of thioether (sulfide) groups is 1. The predicted octanol–water partition coefficient (Wildman–Crippen LogP) is 0.353. The van der Waals surface area contributed by atoms with Crippen LogP contribution in [0.25, 0.3) is 11.4 Å². The number of halogens is 2. The van der Waals surface area contributed by atoms with E-state index in [0.717, 1.165) is 29.1 Å². The fourth-order valence-electron chi connectivity index (χ4n) is 2.39. The summed E-state index contributed by atoms with van der Waals surface area (Å²) < 4.78 is 32.6. The first-order valence-corrected chi connectivity index (χ1v) is 7.86. The molecule has 1 aromatic heterocycles. The lowest BCUT2D eigenvalue weighted by molar-refractivity contribution is 0.419. The first kappa shape index (κ1) is 16.2. The third kappa shape index (κ3) is 3.06. The van der Waals surface area contributed by atoms with Crippen LogP contribution in [0.2, 0.25) is 0 Å². The Morgan fingerprint density at radius 1 is 1.22 bits per heavy atom. The van der Waals surface area contributed by atoms with E-state index in [1.807, 2.05) is 0 Å². The minimum Gasteiger partial charge on any atom is -0.555 e. The van der Waals surface area contributed by atoms with Gasteiger partial charge >= 0.3 is 15.2 Å². The molecule has 2 aromatic rings. The Labute approximate surface area is 136 Å². The van der Waals surface area contributed by atoms with Crippen LogP contribution in [0.15, 0.2) is 12.1 Å². The van der Waals surface area contributed by atoms with Gasteiger partial charge in [0.25, 0.3) is 0 Å². The zero-order valence-electron chi connectivity index (χ0n) is 11.8. The minimum absolute atomic E-state index is 0.0590.